The summed E-state index contributed by atoms with van der Waals surface area (Å²) in [6.07, 6.45) is 11.8. The third-order valence-corrected chi connectivity index (χ3v) is 11.8. The highest BCUT2D eigenvalue weighted by molar-refractivity contribution is 8.03. The topological polar surface area (TPSA) is 0 Å². The molecule has 2 aliphatic carbocycles. The van der Waals surface area contributed by atoms with Crippen molar-refractivity contribution in [1.82, 2.24) is 0 Å². The zero-order chi connectivity index (χ0) is 30.9. The van der Waals surface area contributed by atoms with Crippen LogP contribution in [0.5, 0.6) is 0 Å². The summed E-state index contributed by atoms with van der Waals surface area (Å²) in [5.74, 6) is 0.729. The minimum atomic E-state index is 0.328. The molecule has 0 aromatic heterocycles. The molecule has 2 unspecified atom stereocenters. The van der Waals surface area contributed by atoms with E-state index in [1.165, 1.54) is 85.9 Å². The van der Waals surface area contributed by atoms with E-state index >= 15 is 0 Å². The van der Waals surface area contributed by atoms with Crippen LogP contribution in [0.25, 0.3) is 61.2 Å². The second kappa shape index (κ2) is 10.7. The molecule has 1 heterocycles. The van der Waals surface area contributed by atoms with Gasteiger partial charge in [-0.2, -0.15) is 0 Å². The fourth-order valence-electron chi connectivity index (χ4n) is 8.38. The van der Waals surface area contributed by atoms with Crippen LogP contribution in [0.1, 0.15) is 41.4 Å². The van der Waals surface area contributed by atoms with Crippen LogP contribution in [0.2, 0.25) is 0 Å². The van der Waals surface area contributed by atoms with E-state index in [0.29, 0.717) is 11.8 Å². The van der Waals surface area contributed by atoms with Gasteiger partial charge in [-0.25, -0.2) is 0 Å². The molecule has 3 aliphatic rings. The first-order valence-electron chi connectivity index (χ1n) is 16.7. The number of benzene rings is 7. The molecular weight excluding hydrogens is 585 g/mol. The van der Waals surface area contributed by atoms with Crippen molar-refractivity contribution in [2.24, 2.45) is 0 Å². The third-order valence-electron chi connectivity index (χ3n) is 10.5. The SMILES string of the molecule is C1=CC(c2c3ccccc3c(-c3ccccc3C3C=c4ccccc4=CC3)c3ccccc23)=C2Sc3cc4ccccc4cc3C2C1. The molecule has 7 aromatic carbocycles. The summed E-state index contributed by atoms with van der Waals surface area (Å²) in [6.45, 7) is 0. The molecule has 7 aromatic rings. The minimum Gasteiger partial charge on any atom is -0.0929 e. The lowest BCUT2D eigenvalue weighted by atomic mass is 9.79. The van der Waals surface area contributed by atoms with Crippen LogP contribution in [0.15, 0.2) is 155 Å². The van der Waals surface area contributed by atoms with Gasteiger partial charge in [0.25, 0.3) is 0 Å². The van der Waals surface area contributed by atoms with Crippen LogP contribution in [-0.4, -0.2) is 0 Å². The monoisotopic (exact) mass is 616 g/mol. The maximum absolute atomic E-state index is 2.48. The normalized spacial score (nSPS) is 18.1. The van der Waals surface area contributed by atoms with E-state index in [2.05, 4.69) is 158 Å². The van der Waals surface area contributed by atoms with Gasteiger partial charge < -0.3 is 0 Å². The Morgan fingerprint density at radius 2 is 1.15 bits per heavy atom. The second-order valence-corrected chi connectivity index (χ2v) is 14.2. The van der Waals surface area contributed by atoms with E-state index in [4.69, 9.17) is 0 Å². The Hall–Kier alpha value is -5.11. The molecule has 47 heavy (non-hydrogen) atoms. The van der Waals surface area contributed by atoms with Crippen molar-refractivity contribution in [1.29, 1.82) is 0 Å². The number of hydrogen-bond acceptors (Lipinski definition) is 1. The van der Waals surface area contributed by atoms with Gasteiger partial charge in [0.2, 0.25) is 0 Å². The molecule has 0 N–H and O–H groups in total. The largest absolute Gasteiger partial charge is 0.0929 e. The molecular formula is C46H32S. The standard InChI is InChI=1S/C46H32S/c1-2-13-30-26-33(25-24-29(30)12-1)34-16-5-6-17-35(34)44-36-18-7-9-20-38(36)45(39-21-10-8-19-37(39)44)41-23-11-22-40-42-27-31-14-3-4-15-32(31)28-43(42)47-46(40)41/h1-21,23-24,26-28,33,40H,22,25H2. The van der Waals surface area contributed by atoms with E-state index in [0.717, 1.165) is 12.8 Å². The van der Waals surface area contributed by atoms with Gasteiger partial charge in [0, 0.05) is 21.6 Å². The fraction of sp³-hybridized carbons (Fsp3) is 0.0870. The summed E-state index contributed by atoms with van der Waals surface area (Å²) >= 11 is 1.99. The highest BCUT2D eigenvalue weighted by Crippen LogP contribution is 2.57. The molecule has 1 aliphatic heterocycles. The van der Waals surface area contributed by atoms with E-state index < -0.39 is 0 Å². The zero-order valence-corrected chi connectivity index (χ0v) is 26.8. The fourth-order valence-corrected chi connectivity index (χ4v) is 9.76. The van der Waals surface area contributed by atoms with Gasteiger partial charge in [0.15, 0.2) is 0 Å². The predicted octanol–water partition coefficient (Wildman–Crippen LogP) is 11.1. The molecule has 0 saturated carbocycles. The van der Waals surface area contributed by atoms with Crippen LogP contribution in [0, 0.1) is 0 Å². The zero-order valence-electron chi connectivity index (χ0n) is 26.0. The molecule has 0 nitrogen and oxygen atoms in total. The van der Waals surface area contributed by atoms with Crippen molar-refractivity contribution < 1.29 is 0 Å². The molecule has 0 bridgehead atoms. The minimum absolute atomic E-state index is 0.328. The number of hydrogen-bond donors (Lipinski definition) is 0. The molecule has 0 spiro atoms. The van der Waals surface area contributed by atoms with Crippen molar-refractivity contribution >= 4 is 61.8 Å². The summed E-state index contributed by atoms with van der Waals surface area (Å²) in [7, 11) is 0. The van der Waals surface area contributed by atoms with E-state index in [1.807, 2.05) is 11.8 Å². The van der Waals surface area contributed by atoms with Gasteiger partial charge >= 0.3 is 0 Å². The molecule has 0 radical (unpaired) electrons. The van der Waals surface area contributed by atoms with Crippen LogP contribution < -0.4 is 10.4 Å². The van der Waals surface area contributed by atoms with Gasteiger partial charge in [0.1, 0.15) is 0 Å². The van der Waals surface area contributed by atoms with Gasteiger partial charge in [-0.3, -0.25) is 0 Å². The lowest BCUT2D eigenvalue weighted by Gasteiger charge is -2.25. The Morgan fingerprint density at radius 3 is 1.91 bits per heavy atom. The summed E-state index contributed by atoms with van der Waals surface area (Å²) < 4.78 is 0. The highest BCUT2D eigenvalue weighted by atomic mass is 32.2. The lowest BCUT2D eigenvalue weighted by Crippen LogP contribution is -2.27. The van der Waals surface area contributed by atoms with Crippen LogP contribution >= 0.6 is 11.8 Å². The Kier molecular flexibility index (Phi) is 6.17. The average Bonchev–Trinajstić information content (AvgIpc) is 3.50. The number of rotatable bonds is 3. The number of fused-ring (bicyclic) bond motifs is 7. The molecule has 0 saturated heterocycles. The molecule has 222 valence electrons. The first-order valence-corrected chi connectivity index (χ1v) is 17.5. The van der Waals surface area contributed by atoms with Crippen molar-refractivity contribution in [3.05, 3.63) is 178 Å². The molecule has 2 atom stereocenters. The van der Waals surface area contributed by atoms with Crippen LogP contribution in [-0.2, 0) is 0 Å². The molecule has 10 rings (SSSR count). The Labute approximate surface area is 279 Å². The summed E-state index contributed by atoms with van der Waals surface area (Å²) in [5.41, 5.74) is 8.31. The van der Waals surface area contributed by atoms with Gasteiger partial charge in [-0.05, 0) is 101 Å². The molecule has 1 heteroatoms. The number of allylic oxidation sites excluding steroid dienone is 4. The third kappa shape index (κ3) is 4.23. The first-order chi connectivity index (χ1) is 23.3. The molecule has 0 amide bonds. The summed E-state index contributed by atoms with van der Waals surface area (Å²) in [5, 5.41) is 10.6. The average molecular weight is 617 g/mol. The highest BCUT2D eigenvalue weighted by Gasteiger charge is 2.33. The van der Waals surface area contributed by atoms with Gasteiger partial charge in [-0.15, -0.1) is 0 Å². The lowest BCUT2D eigenvalue weighted by molar-refractivity contribution is 0.843. The van der Waals surface area contributed by atoms with Crippen molar-refractivity contribution in [2.75, 3.05) is 0 Å². The second-order valence-electron chi connectivity index (χ2n) is 13.1. The summed E-state index contributed by atoms with van der Waals surface area (Å²) in [6, 6.07) is 49.8. The smallest absolute Gasteiger partial charge is 0.0205 e. The van der Waals surface area contributed by atoms with Crippen molar-refractivity contribution in [2.45, 2.75) is 29.6 Å². The quantitative estimate of drug-likeness (QED) is 0.178. The Morgan fingerprint density at radius 1 is 0.532 bits per heavy atom. The number of thioether (sulfide) groups is 1. The van der Waals surface area contributed by atoms with E-state index in [1.54, 1.807) is 0 Å². The first kappa shape index (κ1) is 27.0. The maximum Gasteiger partial charge on any atom is 0.0205 e. The maximum atomic E-state index is 2.48. The van der Waals surface area contributed by atoms with Crippen LogP contribution in [0.4, 0.5) is 0 Å². The van der Waals surface area contributed by atoms with Crippen molar-refractivity contribution in [3.8, 4) is 11.1 Å². The predicted molar refractivity (Wildman–Crippen MR) is 202 cm³/mol. The van der Waals surface area contributed by atoms with Crippen LogP contribution in [0.3, 0.4) is 0 Å². The Balaban J connectivity index is 1.22. The molecule has 0 fully saturated rings. The van der Waals surface area contributed by atoms with Gasteiger partial charge in [0.05, 0.1) is 0 Å². The van der Waals surface area contributed by atoms with Gasteiger partial charge in [-0.1, -0.05) is 157 Å². The Bertz CT molecular complexity index is 2560. The van der Waals surface area contributed by atoms with Crippen molar-refractivity contribution in [3.63, 3.8) is 0 Å². The summed E-state index contributed by atoms with van der Waals surface area (Å²) in [4.78, 5) is 2.90. The van der Waals surface area contributed by atoms with E-state index in [9.17, 15) is 0 Å². The van der Waals surface area contributed by atoms with E-state index in [-0.39, 0.29) is 0 Å².